The van der Waals surface area contributed by atoms with Gasteiger partial charge in [0.25, 0.3) is 11.8 Å². The molecule has 160 valence electrons. The van der Waals surface area contributed by atoms with Crippen LogP contribution in [0.5, 0.6) is 0 Å². The highest BCUT2D eigenvalue weighted by atomic mass is 16.5. The Balaban J connectivity index is 1.48. The van der Waals surface area contributed by atoms with Crippen molar-refractivity contribution >= 4 is 17.5 Å². The Morgan fingerprint density at radius 3 is 2.24 bits per heavy atom. The number of rotatable bonds is 5. The average Bonchev–Trinajstić information content (AvgIpc) is 2.71. The number of morpholine rings is 1. The molecule has 0 bridgehead atoms. The van der Waals surface area contributed by atoms with E-state index in [4.69, 9.17) is 4.74 Å². The van der Waals surface area contributed by atoms with Crippen molar-refractivity contribution in [3.63, 3.8) is 0 Å². The van der Waals surface area contributed by atoms with Gasteiger partial charge in [0.1, 0.15) is 26.2 Å². The van der Waals surface area contributed by atoms with Crippen molar-refractivity contribution in [2.75, 3.05) is 64.3 Å². The number of quaternary nitrogens is 2. The zero-order chi connectivity index (χ0) is 21.0. The quantitative estimate of drug-likeness (QED) is 0.565. The highest BCUT2D eigenvalue weighted by Crippen LogP contribution is 2.21. The molecule has 2 fully saturated rings. The summed E-state index contributed by atoms with van der Waals surface area (Å²) in [5.41, 5.74) is 4.36. The molecule has 0 saturated carbocycles. The van der Waals surface area contributed by atoms with E-state index in [9.17, 15) is 9.59 Å². The molecule has 29 heavy (non-hydrogen) atoms. The minimum Gasteiger partial charge on any atom is -0.378 e. The van der Waals surface area contributed by atoms with E-state index < -0.39 is 0 Å². The van der Waals surface area contributed by atoms with Gasteiger partial charge >= 0.3 is 0 Å². The van der Waals surface area contributed by atoms with Crippen molar-refractivity contribution < 1.29 is 24.1 Å². The van der Waals surface area contributed by atoms with E-state index >= 15 is 0 Å². The minimum absolute atomic E-state index is 0.0721. The molecule has 0 radical (unpaired) electrons. The topological polar surface area (TPSA) is 67.5 Å². The normalized spacial score (nSPS) is 23.5. The maximum Gasteiger partial charge on any atom is 0.282 e. The third kappa shape index (κ3) is 5.56. The van der Waals surface area contributed by atoms with Gasteiger partial charge in [-0.3, -0.25) is 9.59 Å². The Hall–Kier alpha value is -1.96. The Morgan fingerprint density at radius 2 is 1.66 bits per heavy atom. The summed E-state index contributed by atoms with van der Waals surface area (Å²) in [6.45, 7) is 15.1. The van der Waals surface area contributed by atoms with Gasteiger partial charge in [-0.05, 0) is 38.8 Å². The van der Waals surface area contributed by atoms with Crippen LogP contribution in [0.3, 0.4) is 0 Å². The number of anilines is 1. The van der Waals surface area contributed by atoms with Crippen molar-refractivity contribution in [2.24, 2.45) is 0 Å². The number of carbonyl (C=O) groups is 2. The van der Waals surface area contributed by atoms with Gasteiger partial charge in [-0.25, -0.2) is 0 Å². The Morgan fingerprint density at radius 1 is 1.07 bits per heavy atom. The lowest BCUT2D eigenvalue weighted by Gasteiger charge is -2.34. The molecule has 3 rings (SSSR count). The molecule has 1 aromatic carbocycles. The number of hydrogen-bond donors (Lipinski definition) is 3. The van der Waals surface area contributed by atoms with Gasteiger partial charge in [-0.1, -0.05) is 17.7 Å². The van der Waals surface area contributed by atoms with Gasteiger partial charge in [0.15, 0.2) is 12.6 Å². The number of benzene rings is 1. The monoisotopic (exact) mass is 404 g/mol. The second kappa shape index (κ2) is 9.69. The summed E-state index contributed by atoms with van der Waals surface area (Å²) in [7, 11) is 0. The predicted octanol–water partition coefficient (Wildman–Crippen LogP) is -1.42. The van der Waals surface area contributed by atoms with E-state index in [1.807, 2.05) is 25.7 Å². The molecule has 0 spiro atoms. The standard InChI is InChI=1S/C22H34N4O3/c1-16-13-17(2)21(18(3)14-16)23-22(28)19(4)25-7-5-24(6-8-25)15-20(27)26-9-11-29-12-10-26/h13-14,19H,5-12,15H2,1-4H3,(H,23,28)/p+2/t19-/m1/s1. The lowest BCUT2D eigenvalue weighted by atomic mass is 10.0. The highest BCUT2D eigenvalue weighted by Gasteiger charge is 2.33. The number of amides is 2. The molecule has 2 saturated heterocycles. The molecule has 0 unspecified atom stereocenters. The molecule has 7 nitrogen and oxygen atoms in total. The number of aryl methyl sites for hydroxylation is 3. The summed E-state index contributed by atoms with van der Waals surface area (Å²) in [5.74, 6) is 0.297. The Labute approximate surface area is 174 Å². The van der Waals surface area contributed by atoms with Crippen molar-refractivity contribution in [1.29, 1.82) is 0 Å². The Kier molecular flexibility index (Phi) is 7.27. The lowest BCUT2D eigenvalue weighted by Crippen LogP contribution is -3.30. The SMILES string of the molecule is Cc1cc(C)c(NC(=O)[C@@H](C)[NH+]2CC[NH+](CC(=O)N3CCOCC3)CC2)c(C)c1. The number of carbonyl (C=O) groups excluding carboxylic acids is 2. The first-order valence-corrected chi connectivity index (χ1v) is 10.8. The van der Waals surface area contributed by atoms with E-state index in [1.54, 1.807) is 0 Å². The largest absolute Gasteiger partial charge is 0.378 e. The lowest BCUT2D eigenvalue weighted by molar-refractivity contribution is -1.01. The van der Waals surface area contributed by atoms with Crippen LogP contribution in [0.2, 0.25) is 0 Å². The number of nitrogens with zero attached hydrogens (tertiary/aromatic N) is 1. The van der Waals surface area contributed by atoms with Gasteiger partial charge in [0.05, 0.1) is 13.2 Å². The Bertz CT molecular complexity index is 715. The summed E-state index contributed by atoms with van der Waals surface area (Å²) in [6, 6.07) is 4.10. The molecule has 2 amide bonds. The van der Waals surface area contributed by atoms with Crippen LogP contribution in [-0.2, 0) is 14.3 Å². The second-order valence-corrected chi connectivity index (χ2v) is 8.56. The maximum absolute atomic E-state index is 12.9. The maximum atomic E-state index is 12.9. The number of hydrogen-bond acceptors (Lipinski definition) is 3. The molecular formula is C22H36N4O3+2. The number of nitrogens with one attached hydrogen (secondary N) is 3. The molecule has 0 aliphatic carbocycles. The molecule has 1 aromatic rings. The number of piperazine rings is 1. The first kappa shape index (κ1) is 21.7. The van der Waals surface area contributed by atoms with Crippen LogP contribution in [0.4, 0.5) is 5.69 Å². The van der Waals surface area contributed by atoms with E-state index in [-0.39, 0.29) is 17.9 Å². The summed E-state index contributed by atoms with van der Waals surface area (Å²) < 4.78 is 5.32. The molecule has 3 N–H and O–H groups in total. The van der Waals surface area contributed by atoms with E-state index in [1.165, 1.54) is 15.4 Å². The van der Waals surface area contributed by atoms with Gasteiger partial charge in [-0.2, -0.15) is 0 Å². The summed E-state index contributed by atoms with van der Waals surface area (Å²) >= 11 is 0. The van der Waals surface area contributed by atoms with E-state index in [2.05, 4.69) is 24.4 Å². The molecular weight excluding hydrogens is 368 g/mol. The average molecular weight is 405 g/mol. The van der Waals surface area contributed by atoms with Crippen LogP contribution in [0.25, 0.3) is 0 Å². The molecule has 0 aromatic heterocycles. The smallest absolute Gasteiger partial charge is 0.282 e. The fourth-order valence-corrected chi connectivity index (χ4v) is 4.47. The van der Waals surface area contributed by atoms with Crippen molar-refractivity contribution in [2.45, 2.75) is 33.7 Å². The van der Waals surface area contributed by atoms with Crippen LogP contribution < -0.4 is 15.1 Å². The van der Waals surface area contributed by atoms with E-state index in [0.29, 0.717) is 32.8 Å². The summed E-state index contributed by atoms with van der Waals surface area (Å²) in [4.78, 5) is 29.9. The van der Waals surface area contributed by atoms with Gasteiger partial charge in [0.2, 0.25) is 0 Å². The second-order valence-electron chi connectivity index (χ2n) is 8.56. The molecule has 7 heteroatoms. The summed E-state index contributed by atoms with van der Waals surface area (Å²) in [5, 5.41) is 3.15. The summed E-state index contributed by atoms with van der Waals surface area (Å²) in [6.07, 6.45) is 0. The van der Waals surface area contributed by atoms with Gasteiger partial charge in [-0.15, -0.1) is 0 Å². The highest BCUT2D eigenvalue weighted by molar-refractivity contribution is 5.95. The van der Waals surface area contributed by atoms with Gasteiger partial charge < -0.3 is 24.8 Å². The fourth-order valence-electron chi connectivity index (χ4n) is 4.47. The van der Waals surface area contributed by atoms with Crippen LogP contribution >= 0.6 is 0 Å². The first-order valence-electron chi connectivity index (χ1n) is 10.8. The molecule has 1 atom stereocenters. The molecule has 2 aliphatic heterocycles. The van der Waals surface area contributed by atoms with Crippen molar-refractivity contribution in [1.82, 2.24) is 4.90 Å². The number of ether oxygens (including phenoxy) is 1. The zero-order valence-electron chi connectivity index (χ0n) is 18.3. The zero-order valence-corrected chi connectivity index (χ0v) is 18.3. The fraction of sp³-hybridized carbons (Fsp3) is 0.636. The van der Waals surface area contributed by atoms with Crippen LogP contribution in [0.15, 0.2) is 12.1 Å². The van der Waals surface area contributed by atoms with Crippen LogP contribution in [0, 0.1) is 20.8 Å². The predicted molar refractivity (Wildman–Crippen MR) is 112 cm³/mol. The van der Waals surface area contributed by atoms with Crippen molar-refractivity contribution in [3.05, 3.63) is 28.8 Å². The third-order valence-electron chi connectivity index (χ3n) is 6.30. The van der Waals surface area contributed by atoms with Crippen LogP contribution in [0.1, 0.15) is 23.6 Å². The van der Waals surface area contributed by atoms with Crippen molar-refractivity contribution in [3.8, 4) is 0 Å². The van der Waals surface area contributed by atoms with Gasteiger partial charge in [0, 0.05) is 18.8 Å². The van der Waals surface area contributed by atoms with Crippen LogP contribution in [-0.4, -0.2) is 81.8 Å². The molecule has 2 heterocycles. The third-order valence-corrected chi connectivity index (χ3v) is 6.30. The van der Waals surface area contributed by atoms with E-state index in [0.717, 1.165) is 43.0 Å². The minimum atomic E-state index is -0.105. The first-order chi connectivity index (χ1) is 13.8. The molecule has 2 aliphatic rings.